The molecule has 1 aliphatic heterocycles. The van der Waals surface area contributed by atoms with E-state index in [9.17, 15) is 9.59 Å². The lowest BCUT2D eigenvalue weighted by Gasteiger charge is -2.32. The minimum absolute atomic E-state index is 0.0549. The van der Waals surface area contributed by atoms with Gasteiger partial charge in [0.2, 0.25) is 5.91 Å². The Kier molecular flexibility index (Phi) is 5.88. The van der Waals surface area contributed by atoms with Crippen LogP contribution in [0.5, 0.6) is 0 Å². The summed E-state index contributed by atoms with van der Waals surface area (Å²) in [6, 6.07) is 0. The molecule has 0 radical (unpaired) electrons. The number of ether oxygens (including phenoxy) is 1. The van der Waals surface area contributed by atoms with Crippen LogP contribution in [0.2, 0.25) is 0 Å². The van der Waals surface area contributed by atoms with E-state index >= 15 is 0 Å². The first-order chi connectivity index (χ1) is 14.5. The van der Waals surface area contributed by atoms with E-state index < -0.39 is 0 Å². The molecule has 1 aliphatic rings. The zero-order chi connectivity index (χ0) is 21.1. The number of rotatable bonds is 6. The van der Waals surface area contributed by atoms with Gasteiger partial charge in [0, 0.05) is 24.4 Å². The van der Waals surface area contributed by atoms with E-state index in [1.165, 1.54) is 17.7 Å². The van der Waals surface area contributed by atoms with Gasteiger partial charge in [-0.15, -0.1) is 11.3 Å². The predicted molar refractivity (Wildman–Crippen MR) is 110 cm³/mol. The molecule has 10 nitrogen and oxygen atoms in total. The molecule has 0 atom stereocenters. The molecular weight excluding hydrogens is 408 g/mol. The summed E-state index contributed by atoms with van der Waals surface area (Å²) in [5.74, 6) is 0.302. The van der Waals surface area contributed by atoms with Crippen molar-refractivity contribution in [3.63, 3.8) is 0 Å². The average Bonchev–Trinajstić information content (AvgIpc) is 3.34. The van der Waals surface area contributed by atoms with Crippen LogP contribution in [0, 0.1) is 12.8 Å². The number of aromatic nitrogens is 4. The average molecular weight is 430 g/mol. The normalized spacial score (nSPS) is 14.8. The minimum Gasteiger partial charge on any atom is -0.466 e. The molecule has 1 N–H and O–H groups in total. The van der Waals surface area contributed by atoms with E-state index in [1.54, 1.807) is 12.3 Å². The van der Waals surface area contributed by atoms with Crippen LogP contribution in [0.25, 0.3) is 11.1 Å². The maximum atomic E-state index is 12.7. The van der Waals surface area contributed by atoms with Gasteiger partial charge >= 0.3 is 5.97 Å². The monoisotopic (exact) mass is 430 g/mol. The molecular formula is C19H22N6O4S. The third-order valence-corrected chi connectivity index (χ3v) is 5.81. The van der Waals surface area contributed by atoms with E-state index in [-0.39, 0.29) is 24.2 Å². The Balaban J connectivity index is 1.34. The van der Waals surface area contributed by atoms with Gasteiger partial charge < -0.3 is 19.5 Å². The molecule has 1 fully saturated rings. The quantitative estimate of drug-likeness (QED) is 0.587. The van der Waals surface area contributed by atoms with Crippen molar-refractivity contribution >= 4 is 45.3 Å². The molecule has 1 saturated heterocycles. The number of nitrogens with zero attached hydrogens (tertiary/aromatic N) is 5. The van der Waals surface area contributed by atoms with Gasteiger partial charge in [-0.2, -0.15) is 4.98 Å². The topological polar surface area (TPSA) is 123 Å². The second kappa shape index (κ2) is 8.74. The van der Waals surface area contributed by atoms with Gasteiger partial charge in [-0.25, -0.2) is 9.97 Å². The van der Waals surface area contributed by atoms with Gasteiger partial charge in [-0.3, -0.25) is 9.59 Å². The van der Waals surface area contributed by atoms with Gasteiger partial charge in [0.15, 0.2) is 5.13 Å². The Labute approximate surface area is 176 Å². The third-order valence-electron chi connectivity index (χ3n) is 5.00. The number of nitrogens with one attached hydrogen (secondary N) is 1. The second-order valence-corrected chi connectivity index (χ2v) is 7.88. The Morgan fingerprint density at radius 1 is 1.33 bits per heavy atom. The predicted octanol–water partition coefficient (Wildman–Crippen LogP) is 2.34. The summed E-state index contributed by atoms with van der Waals surface area (Å²) in [7, 11) is 0. The fourth-order valence-electron chi connectivity index (χ4n) is 3.51. The second-order valence-electron chi connectivity index (χ2n) is 7.02. The van der Waals surface area contributed by atoms with E-state index in [0.29, 0.717) is 49.1 Å². The number of anilines is 2. The molecule has 30 heavy (non-hydrogen) atoms. The van der Waals surface area contributed by atoms with E-state index in [2.05, 4.69) is 30.3 Å². The fourth-order valence-corrected chi connectivity index (χ4v) is 4.22. The SMILES string of the molecule is CCOC(=O)Cc1csc(NC(=O)C2CCN(c3ncnc4onc(C)c34)CC2)n1. The molecule has 158 valence electrons. The summed E-state index contributed by atoms with van der Waals surface area (Å²) >= 11 is 1.31. The number of piperidine rings is 1. The first-order valence-corrected chi connectivity index (χ1v) is 10.7. The Bertz CT molecular complexity index is 1060. The largest absolute Gasteiger partial charge is 0.466 e. The van der Waals surface area contributed by atoms with Crippen molar-refractivity contribution in [1.29, 1.82) is 0 Å². The number of thiazole rings is 1. The maximum absolute atomic E-state index is 12.7. The lowest BCUT2D eigenvalue weighted by Crippen LogP contribution is -2.38. The van der Waals surface area contributed by atoms with Crippen molar-refractivity contribution in [1.82, 2.24) is 20.1 Å². The maximum Gasteiger partial charge on any atom is 0.311 e. The molecule has 0 unspecified atom stereocenters. The molecule has 3 aromatic rings. The molecule has 0 aromatic carbocycles. The van der Waals surface area contributed by atoms with Crippen LogP contribution < -0.4 is 10.2 Å². The highest BCUT2D eigenvalue weighted by atomic mass is 32.1. The van der Waals surface area contributed by atoms with Gasteiger partial charge in [-0.1, -0.05) is 5.16 Å². The number of aryl methyl sites for hydroxylation is 1. The Morgan fingerprint density at radius 2 is 2.13 bits per heavy atom. The molecule has 3 aromatic heterocycles. The molecule has 1 amide bonds. The van der Waals surface area contributed by atoms with Crippen molar-refractivity contribution in [2.45, 2.75) is 33.1 Å². The number of hydrogen-bond acceptors (Lipinski definition) is 10. The summed E-state index contributed by atoms with van der Waals surface area (Å²) in [6.45, 7) is 5.35. The van der Waals surface area contributed by atoms with Crippen molar-refractivity contribution < 1.29 is 18.8 Å². The fraction of sp³-hybridized carbons (Fsp3) is 0.474. The standard InChI is InChI=1S/C19H22N6O4S/c1-3-28-14(26)8-13-9-30-19(22-13)23-17(27)12-4-6-25(7-5-12)16-15-11(2)24-29-18(15)21-10-20-16/h9-10,12H,3-8H2,1-2H3,(H,22,23,27). The van der Waals surface area contributed by atoms with E-state index in [4.69, 9.17) is 9.26 Å². The van der Waals surface area contributed by atoms with E-state index in [0.717, 1.165) is 16.9 Å². The molecule has 0 bridgehead atoms. The number of carbonyl (C=O) groups is 2. The van der Waals surface area contributed by atoms with Crippen LogP contribution in [0.3, 0.4) is 0 Å². The Hall–Kier alpha value is -3.08. The summed E-state index contributed by atoms with van der Waals surface area (Å²) in [5, 5.41) is 9.92. The molecule has 0 aliphatic carbocycles. The highest BCUT2D eigenvalue weighted by Crippen LogP contribution is 2.30. The summed E-state index contributed by atoms with van der Waals surface area (Å²) < 4.78 is 10.1. The minimum atomic E-state index is -0.324. The van der Waals surface area contributed by atoms with Gasteiger partial charge in [-0.05, 0) is 26.7 Å². The van der Waals surface area contributed by atoms with Crippen LogP contribution in [0.4, 0.5) is 10.9 Å². The first-order valence-electron chi connectivity index (χ1n) is 9.78. The van der Waals surface area contributed by atoms with Crippen molar-refractivity contribution in [3.8, 4) is 0 Å². The zero-order valence-corrected chi connectivity index (χ0v) is 17.6. The number of fused-ring (bicyclic) bond motifs is 1. The van der Waals surface area contributed by atoms with Crippen LogP contribution in [0.15, 0.2) is 16.2 Å². The van der Waals surface area contributed by atoms with Gasteiger partial charge in [0.1, 0.15) is 17.5 Å². The van der Waals surface area contributed by atoms with Crippen molar-refractivity contribution in [2.24, 2.45) is 5.92 Å². The number of hydrogen-bond donors (Lipinski definition) is 1. The molecule has 0 saturated carbocycles. The lowest BCUT2D eigenvalue weighted by atomic mass is 9.96. The van der Waals surface area contributed by atoms with Crippen LogP contribution in [0.1, 0.15) is 31.2 Å². The molecule has 0 spiro atoms. The molecule has 4 heterocycles. The van der Waals surface area contributed by atoms with Crippen LogP contribution in [-0.4, -0.2) is 51.7 Å². The summed E-state index contributed by atoms with van der Waals surface area (Å²) in [6.07, 6.45) is 2.97. The van der Waals surface area contributed by atoms with Gasteiger partial charge in [0.05, 0.1) is 24.4 Å². The summed E-state index contributed by atoms with van der Waals surface area (Å²) in [4.78, 5) is 39.2. The van der Waals surface area contributed by atoms with Crippen molar-refractivity contribution in [3.05, 3.63) is 23.1 Å². The van der Waals surface area contributed by atoms with Crippen LogP contribution >= 0.6 is 11.3 Å². The highest BCUT2D eigenvalue weighted by Gasteiger charge is 2.28. The zero-order valence-electron chi connectivity index (χ0n) is 16.8. The van der Waals surface area contributed by atoms with Crippen LogP contribution in [-0.2, 0) is 20.7 Å². The first kappa shape index (κ1) is 20.2. The number of carbonyl (C=O) groups excluding carboxylic acids is 2. The van der Waals surface area contributed by atoms with E-state index in [1.807, 2.05) is 6.92 Å². The molecule has 11 heteroatoms. The van der Waals surface area contributed by atoms with Crippen molar-refractivity contribution in [2.75, 3.05) is 29.9 Å². The molecule has 4 rings (SSSR count). The highest BCUT2D eigenvalue weighted by molar-refractivity contribution is 7.13. The number of amides is 1. The third kappa shape index (κ3) is 4.25. The smallest absolute Gasteiger partial charge is 0.311 e. The summed E-state index contributed by atoms with van der Waals surface area (Å²) in [5.41, 5.74) is 1.82. The number of esters is 1. The Morgan fingerprint density at radius 3 is 2.90 bits per heavy atom. The lowest BCUT2D eigenvalue weighted by molar-refractivity contribution is -0.142. The van der Waals surface area contributed by atoms with Gasteiger partial charge in [0.25, 0.3) is 5.71 Å².